The number of carbonyl (C=O) groups is 2. The first-order chi connectivity index (χ1) is 20.6. The molecule has 1 fully saturated rings. The van der Waals surface area contributed by atoms with Gasteiger partial charge in [0.2, 0.25) is 5.89 Å². The lowest BCUT2D eigenvalue weighted by molar-refractivity contribution is -0.150. The molecule has 2 atom stereocenters. The number of pyridine rings is 1. The molecule has 0 radical (unpaired) electrons. The second-order valence-corrected chi connectivity index (χ2v) is 9.93. The van der Waals surface area contributed by atoms with Crippen LogP contribution in [-0.4, -0.2) is 63.0 Å². The van der Waals surface area contributed by atoms with Gasteiger partial charge in [-0.25, -0.2) is 24.7 Å². The van der Waals surface area contributed by atoms with Crippen molar-refractivity contribution >= 4 is 22.8 Å². The predicted octanol–water partition coefficient (Wildman–Crippen LogP) is 4.19. The van der Waals surface area contributed by atoms with Crippen molar-refractivity contribution in [3.63, 3.8) is 0 Å². The lowest BCUT2D eigenvalue weighted by Gasteiger charge is -2.37. The van der Waals surface area contributed by atoms with E-state index < -0.39 is 29.8 Å². The molecule has 2 unspecified atom stereocenters. The monoisotopic (exact) mass is 598 g/mol. The number of benzene rings is 1. The van der Waals surface area contributed by atoms with Gasteiger partial charge in [-0.1, -0.05) is 0 Å². The van der Waals surface area contributed by atoms with Crippen LogP contribution in [0.3, 0.4) is 0 Å². The van der Waals surface area contributed by atoms with Crippen LogP contribution in [0.1, 0.15) is 47.5 Å². The molecular formula is C29H29F3N6O5. The molecule has 1 aliphatic rings. The Morgan fingerprint density at radius 1 is 1.14 bits per heavy atom. The third-order valence-corrected chi connectivity index (χ3v) is 7.27. The average molecular weight is 599 g/mol. The number of esters is 1. The lowest BCUT2D eigenvalue weighted by Crippen LogP contribution is -2.51. The smallest absolute Gasteiger partial charge is 0.433 e. The number of alkyl halides is 3. The van der Waals surface area contributed by atoms with Crippen molar-refractivity contribution in [1.82, 2.24) is 24.8 Å². The number of nitrogens with zero attached hydrogens (tertiary/aromatic N) is 5. The molecule has 1 amide bonds. The van der Waals surface area contributed by atoms with E-state index in [0.717, 1.165) is 6.07 Å². The number of amides is 1. The van der Waals surface area contributed by atoms with E-state index in [1.54, 1.807) is 31.5 Å². The summed E-state index contributed by atoms with van der Waals surface area (Å²) in [6.07, 6.45) is 0.0903. The van der Waals surface area contributed by atoms with Gasteiger partial charge in [0.15, 0.2) is 11.5 Å². The molecule has 0 saturated carbocycles. The summed E-state index contributed by atoms with van der Waals surface area (Å²) in [4.78, 5) is 45.0. The van der Waals surface area contributed by atoms with Crippen LogP contribution < -0.4 is 10.5 Å². The Kier molecular flexibility index (Phi) is 8.57. The van der Waals surface area contributed by atoms with Gasteiger partial charge < -0.3 is 24.5 Å². The maximum atomic E-state index is 13.9. The number of oxazole rings is 1. The van der Waals surface area contributed by atoms with E-state index in [-0.39, 0.29) is 65.2 Å². The molecule has 0 bridgehead atoms. The Bertz CT molecular complexity index is 1630. The zero-order chi connectivity index (χ0) is 30.7. The van der Waals surface area contributed by atoms with E-state index in [1.807, 2.05) is 0 Å². The van der Waals surface area contributed by atoms with Crippen molar-refractivity contribution in [2.45, 2.75) is 44.9 Å². The van der Waals surface area contributed by atoms with Crippen molar-refractivity contribution < 1.29 is 36.7 Å². The van der Waals surface area contributed by atoms with Crippen LogP contribution in [0.25, 0.3) is 22.4 Å². The van der Waals surface area contributed by atoms with Crippen LogP contribution in [0.15, 0.2) is 47.1 Å². The van der Waals surface area contributed by atoms with E-state index in [1.165, 1.54) is 24.1 Å². The SMILES string of the molecule is CCOC(=O)C1CC(Cc2ncccn2)CCN1C(=O)c1nc(-c2ccc(OC)c3nc(C(F)(F)F)ccc23)oc1CN. The van der Waals surface area contributed by atoms with Gasteiger partial charge >= 0.3 is 12.1 Å². The number of hydrogen-bond donors (Lipinski definition) is 1. The fourth-order valence-electron chi connectivity index (χ4n) is 5.23. The number of methoxy groups -OCH3 is 1. The number of nitrogens with two attached hydrogens (primary N) is 1. The van der Waals surface area contributed by atoms with Crippen LogP contribution >= 0.6 is 0 Å². The molecule has 2 N–H and O–H groups in total. The maximum absolute atomic E-state index is 13.9. The van der Waals surface area contributed by atoms with Crippen molar-refractivity contribution in [3.05, 3.63) is 65.7 Å². The number of halogens is 3. The number of carbonyl (C=O) groups excluding carboxylic acids is 2. The number of rotatable bonds is 8. The lowest BCUT2D eigenvalue weighted by atomic mass is 9.87. The Hall–Kier alpha value is -4.59. The minimum absolute atomic E-state index is 0.0301. The largest absolute Gasteiger partial charge is 0.494 e. The molecule has 0 spiro atoms. The molecule has 3 aromatic heterocycles. The molecule has 1 saturated heterocycles. The first kappa shape index (κ1) is 29.9. The molecule has 4 aromatic rings. The summed E-state index contributed by atoms with van der Waals surface area (Å²) in [6.45, 7) is 1.87. The van der Waals surface area contributed by atoms with Crippen LogP contribution in [0.2, 0.25) is 0 Å². The summed E-state index contributed by atoms with van der Waals surface area (Å²) in [5, 5.41) is 0.268. The third kappa shape index (κ3) is 6.14. The normalized spacial score (nSPS) is 17.2. The van der Waals surface area contributed by atoms with Crippen molar-refractivity contribution in [2.24, 2.45) is 11.7 Å². The quantitative estimate of drug-likeness (QED) is 0.293. The van der Waals surface area contributed by atoms with Crippen molar-refractivity contribution in [2.75, 3.05) is 20.3 Å². The second kappa shape index (κ2) is 12.3. The summed E-state index contributed by atoms with van der Waals surface area (Å²) in [5.74, 6) is -0.299. The first-order valence-corrected chi connectivity index (χ1v) is 13.6. The number of aromatic nitrogens is 4. The predicted molar refractivity (Wildman–Crippen MR) is 147 cm³/mol. The highest BCUT2D eigenvalue weighted by atomic mass is 19.4. The van der Waals surface area contributed by atoms with E-state index in [2.05, 4.69) is 19.9 Å². The molecule has 4 heterocycles. The summed E-state index contributed by atoms with van der Waals surface area (Å²) < 4.78 is 56.6. The molecule has 11 nitrogen and oxygen atoms in total. The van der Waals surface area contributed by atoms with Gasteiger partial charge in [0.25, 0.3) is 5.91 Å². The molecule has 1 aliphatic heterocycles. The number of fused-ring (bicyclic) bond motifs is 1. The minimum atomic E-state index is -4.67. The van der Waals surface area contributed by atoms with E-state index in [4.69, 9.17) is 19.6 Å². The number of ether oxygens (including phenoxy) is 2. The number of likely N-dealkylation sites (tertiary alicyclic amines) is 1. The number of piperidine rings is 1. The number of hydrogen-bond acceptors (Lipinski definition) is 10. The molecule has 14 heteroatoms. The van der Waals surface area contributed by atoms with E-state index in [9.17, 15) is 22.8 Å². The summed E-state index contributed by atoms with van der Waals surface area (Å²) in [5.41, 5.74) is 4.96. The van der Waals surface area contributed by atoms with Gasteiger partial charge in [0.05, 0.1) is 20.3 Å². The Balaban J connectivity index is 1.48. The Morgan fingerprint density at radius 2 is 1.91 bits per heavy atom. The fraction of sp³-hybridized carbons (Fsp3) is 0.379. The Morgan fingerprint density at radius 3 is 2.58 bits per heavy atom. The highest BCUT2D eigenvalue weighted by Crippen LogP contribution is 2.37. The zero-order valence-electron chi connectivity index (χ0n) is 23.4. The molecule has 226 valence electrons. The zero-order valence-corrected chi connectivity index (χ0v) is 23.4. The van der Waals surface area contributed by atoms with E-state index in [0.29, 0.717) is 25.1 Å². The van der Waals surface area contributed by atoms with Crippen molar-refractivity contribution in [3.8, 4) is 17.2 Å². The van der Waals surface area contributed by atoms with Gasteiger partial charge in [0, 0.05) is 36.3 Å². The molecular weight excluding hydrogens is 569 g/mol. The maximum Gasteiger partial charge on any atom is 0.433 e. The summed E-state index contributed by atoms with van der Waals surface area (Å²) >= 11 is 0. The van der Waals surface area contributed by atoms with Gasteiger partial charge in [-0.3, -0.25) is 4.79 Å². The van der Waals surface area contributed by atoms with Crippen molar-refractivity contribution in [1.29, 1.82) is 0 Å². The first-order valence-electron chi connectivity index (χ1n) is 13.6. The van der Waals surface area contributed by atoms with Crippen LogP contribution in [0.5, 0.6) is 5.75 Å². The highest BCUT2D eigenvalue weighted by Gasteiger charge is 2.40. The van der Waals surface area contributed by atoms with Gasteiger partial charge in [0.1, 0.15) is 28.8 Å². The van der Waals surface area contributed by atoms with Crippen LogP contribution in [0.4, 0.5) is 13.2 Å². The van der Waals surface area contributed by atoms with Gasteiger partial charge in [-0.2, -0.15) is 13.2 Å². The topological polar surface area (TPSA) is 147 Å². The molecule has 0 aliphatic carbocycles. The summed E-state index contributed by atoms with van der Waals surface area (Å²) in [6, 6.07) is 5.92. The van der Waals surface area contributed by atoms with E-state index >= 15 is 0 Å². The highest BCUT2D eigenvalue weighted by molar-refractivity contribution is 5.99. The molecule has 5 rings (SSSR count). The average Bonchev–Trinajstić information content (AvgIpc) is 3.44. The second-order valence-electron chi connectivity index (χ2n) is 9.93. The van der Waals surface area contributed by atoms with Gasteiger partial charge in [-0.15, -0.1) is 0 Å². The third-order valence-electron chi connectivity index (χ3n) is 7.27. The molecule has 1 aromatic carbocycles. The standard InChI is InChI=1S/C29H29F3N6O5/c1-3-42-28(40)19-13-16(14-23-34-10-4-11-35-23)9-12-38(19)27(39)25-21(15-33)43-26(37-25)18-5-7-20(41-2)24-17(18)6-8-22(36-24)29(30,31)32/h4-8,10-11,16,19H,3,9,12-15,33H2,1-2H3. The van der Waals surface area contributed by atoms with Gasteiger partial charge in [-0.05, 0) is 56.0 Å². The fourth-order valence-corrected chi connectivity index (χ4v) is 5.23. The van der Waals surface area contributed by atoms with Crippen LogP contribution in [-0.2, 0) is 28.7 Å². The molecule has 43 heavy (non-hydrogen) atoms. The minimum Gasteiger partial charge on any atom is -0.494 e. The van der Waals surface area contributed by atoms with Crippen LogP contribution in [0, 0.1) is 5.92 Å². The summed E-state index contributed by atoms with van der Waals surface area (Å²) in [7, 11) is 1.32. The Labute approximate surface area is 244 Å².